The predicted molar refractivity (Wildman–Crippen MR) is 59.6 cm³/mol. The summed E-state index contributed by atoms with van der Waals surface area (Å²) < 4.78 is 0. The number of pyridine rings is 1. The summed E-state index contributed by atoms with van der Waals surface area (Å²) in [4.78, 5) is 4.04. The second kappa shape index (κ2) is 4.08. The molecule has 0 bridgehead atoms. The van der Waals surface area contributed by atoms with Gasteiger partial charge in [-0.1, -0.05) is 17.7 Å². The zero-order valence-corrected chi connectivity index (χ0v) is 9.24. The van der Waals surface area contributed by atoms with Crippen LogP contribution in [0.25, 0.3) is 0 Å². The predicted octanol–water partition coefficient (Wildman–Crippen LogP) is 1.82. The van der Waals surface area contributed by atoms with Gasteiger partial charge in [0, 0.05) is 11.7 Å². The van der Waals surface area contributed by atoms with Crippen molar-refractivity contribution in [1.82, 2.24) is 4.98 Å². The van der Waals surface area contributed by atoms with Crippen LogP contribution in [0.2, 0.25) is 5.15 Å². The first-order valence-corrected chi connectivity index (χ1v) is 5.57. The summed E-state index contributed by atoms with van der Waals surface area (Å²) in [6, 6.07) is 3.68. The van der Waals surface area contributed by atoms with Crippen molar-refractivity contribution in [2.45, 2.75) is 37.3 Å². The molecule has 0 radical (unpaired) electrons. The standard InChI is InChI=1S/C11H15ClN2O/c12-10-2-1-8(7-14-10)11(13)5-3-9(15)4-6-11/h1-2,7,9,15H,3-6,13H2. The van der Waals surface area contributed by atoms with E-state index < -0.39 is 0 Å². The molecule has 1 aromatic heterocycles. The van der Waals surface area contributed by atoms with E-state index in [9.17, 15) is 5.11 Å². The number of halogens is 1. The summed E-state index contributed by atoms with van der Waals surface area (Å²) in [5.74, 6) is 0. The van der Waals surface area contributed by atoms with Gasteiger partial charge in [-0.3, -0.25) is 0 Å². The second-order valence-corrected chi connectivity index (χ2v) is 4.64. The molecule has 0 saturated heterocycles. The Balaban J connectivity index is 2.18. The van der Waals surface area contributed by atoms with Gasteiger partial charge in [-0.05, 0) is 37.3 Å². The van der Waals surface area contributed by atoms with Crippen molar-refractivity contribution >= 4 is 11.6 Å². The van der Waals surface area contributed by atoms with Gasteiger partial charge in [0.1, 0.15) is 5.15 Å². The SMILES string of the molecule is NC1(c2ccc(Cl)nc2)CCC(O)CC1. The average Bonchev–Trinajstić information content (AvgIpc) is 2.24. The highest BCUT2D eigenvalue weighted by molar-refractivity contribution is 6.29. The molecule has 1 aliphatic carbocycles. The van der Waals surface area contributed by atoms with E-state index in [-0.39, 0.29) is 11.6 Å². The molecule has 4 heteroatoms. The Morgan fingerprint density at radius 1 is 1.40 bits per heavy atom. The number of hydrogen-bond acceptors (Lipinski definition) is 3. The van der Waals surface area contributed by atoms with Crippen LogP contribution in [0.1, 0.15) is 31.2 Å². The van der Waals surface area contributed by atoms with Crippen molar-refractivity contribution in [2.75, 3.05) is 0 Å². The van der Waals surface area contributed by atoms with Crippen molar-refractivity contribution in [3.63, 3.8) is 0 Å². The normalized spacial score (nSPS) is 31.5. The third kappa shape index (κ3) is 2.30. The Hall–Kier alpha value is -0.640. The minimum Gasteiger partial charge on any atom is -0.393 e. The molecule has 3 N–H and O–H groups in total. The lowest BCUT2D eigenvalue weighted by atomic mass is 9.77. The molecule has 0 atom stereocenters. The molecule has 0 aliphatic heterocycles. The van der Waals surface area contributed by atoms with Crippen LogP contribution in [-0.4, -0.2) is 16.2 Å². The van der Waals surface area contributed by atoms with Crippen LogP contribution < -0.4 is 5.73 Å². The molecule has 2 rings (SSSR count). The monoisotopic (exact) mass is 226 g/mol. The second-order valence-electron chi connectivity index (χ2n) is 4.26. The first-order chi connectivity index (χ1) is 7.10. The van der Waals surface area contributed by atoms with E-state index in [1.54, 1.807) is 12.3 Å². The van der Waals surface area contributed by atoms with Gasteiger partial charge in [0.15, 0.2) is 0 Å². The van der Waals surface area contributed by atoms with E-state index in [2.05, 4.69) is 4.98 Å². The Morgan fingerprint density at radius 2 is 2.07 bits per heavy atom. The third-order valence-electron chi connectivity index (χ3n) is 3.15. The molecular weight excluding hydrogens is 212 g/mol. The Kier molecular flexibility index (Phi) is 2.96. The molecule has 1 aliphatic rings. The molecule has 15 heavy (non-hydrogen) atoms. The lowest BCUT2D eigenvalue weighted by Crippen LogP contribution is -2.41. The maximum absolute atomic E-state index is 9.44. The van der Waals surface area contributed by atoms with Gasteiger partial charge >= 0.3 is 0 Å². The van der Waals surface area contributed by atoms with E-state index in [1.165, 1.54) is 0 Å². The molecule has 1 saturated carbocycles. The van der Waals surface area contributed by atoms with Crippen LogP contribution in [0.15, 0.2) is 18.3 Å². The number of nitrogens with two attached hydrogens (primary N) is 1. The molecule has 0 spiro atoms. The summed E-state index contributed by atoms with van der Waals surface area (Å²) in [6.07, 6.45) is 4.68. The molecular formula is C11H15ClN2O. The summed E-state index contributed by atoms with van der Waals surface area (Å²) in [7, 11) is 0. The fraction of sp³-hybridized carbons (Fsp3) is 0.545. The van der Waals surface area contributed by atoms with E-state index in [1.807, 2.05) is 6.07 Å². The highest BCUT2D eigenvalue weighted by Crippen LogP contribution is 2.34. The van der Waals surface area contributed by atoms with Gasteiger partial charge in [0.2, 0.25) is 0 Å². The molecule has 1 aromatic rings. The lowest BCUT2D eigenvalue weighted by Gasteiger charge is -2.35. The number of rotatable bonds is 1. The zero-order chi connectivity index (χ0) is 10.9. The summed E-state index contributed by atoms with van der Waals surface area (Å²) in [5.41, 5.74) is 6.97. The van der Waals surface area contributed by atoms with E-state index in [4.69, 9.17) is 17.3 Å². The Bertz CT molecular complexity index is 331. The number of aliphatic hydroxyl groups excluding tert-OH is 1. The summed E-state index contributed by atoms with van der Waals surface area (Å²) >= 11 is 5.73. The van der Waals surface area contributed by atoms with Crippen LogP contribution in [0.4, 0.5) is 0 Å². The molecule has 1 heterocycles. The van der Waals surface area contributed by atoms with Crippen LogP contribution in [-0.2, 0) is 5.54 Å². The van der Waals surface area contributed by atoms with Crippen LogP contribution >= 0.6 is 11.6 Å². The number of aliphatic hydroxyl groups is 1. The minimum atomic E-state index is -0.336. The smallest absolute Gasteiger partial charge is 0.129 e. The minimum absolute atomic E-state index is 0.193. The number of hydrogen-bond donors (Lipinski definition) is 2. The highest BCUT2D eigenvalue weighted by atomic mass is 35.5. The van der Waals surface area contributed by atoms with Gasteiger partial charge in [0.25, 0.3) is 0 Å². The van der Waals surface area contributed by atoms with Gasteiger partial charge < -0.3 is 10.8 Å². The van der Waals surface area contributed by atoms with Crippen LogP contribution in [0, 0.1) is 0 Å². The third-order valence-corrected chi connectivity index (χ3v) is 3.37. The largest absolute Gasteiger partial charge is 0.393 e. The molecule has 82 valence electrons. The van der Waals surface area contributed by atoms with Gasteiger partial charge in [-0.25, -0.2) is 4.98 Å². The van der Waals surface area contributed by atoms with Crippen molar-refractivity contribution in [3.05, 3.63) is 29.0 Å². The van der Waals surface area contributed by atoms with Crippen molar-refractivity contribution in [2.24, 2.45) is 5.73 Å². The molecule has 0 unspecified atom stereocenters. The number of nitrogens with zero attached hydrogens (tertiary/aromatic N) is 1. The van der Waals surface area contributed by atoms with Crippen molar-refractivity contribution < 1.29 is 5.11 Å². The molecule has 3 nitrogen and oxygen atoms in total. The average molecular weight is 227 g/mol. The van der Waals surface area contributed by atoms with E-state index in [0.717, 1.165) is 31.2 Å². The Morgan fingerprint density at radius 3 is 2.60 bits per heavy atom. The van der Waals surface area contributed by atoms with Gasteiger partial charge in [-0.15, -0.1) is 0 Å². The van der Waals surface area contributed by atoms with Gasteiger partial charge in [0.05, 0.1) is 6.10 Å². The van der Waals surface area contributed by atoms with Gasteiger partial charge in [-0.2, -0.15) is 0 Å². The van der Waals surface area contributed by atoms with Crippen molar-refractivity contribution in [3.8, 4) is 0 Å². The zero-order valence-electron chi connectivity index (χ0n) is 8.49. The van der Waals surface area contributed by atoms with E-state index in [0.29, 0.717) is 5.15 Å². The quantitative estimate of drug-likeness (QED) is 0.719. The summed E-state index contributed by atoms with van der Waals surface area (Å²) in [6.45, 7) is 0. The maximum Gasteiger partial charge on any atom is 0.129 e. The fourth-order valence-electron chi connectivity index (χ4n) is 2.08. The number of aromatic nitrogens is 1. The van der Waals surface area contributed by atoms with Crippen LogP contribution in [0.5, 0.6) is 0 Å². The molecule has 1 fully saturated rings. The topological polar surface area (TPSA) is 59.1 Å². The molecule has 0 amide bonds. The lowest BCUT2D eigenvalue weighted by molar-refractivity contribution is 0.0968. The first-order valence-electron chi connectivity index (χ1n) is 5.19. The van der Waals surface area contributed by atoms with Crippen LogP contribution in [0.3, 0.4) is 0 Å². The highest BCUT2D eigenvalue weighted by Gasteiger charge is 2.32. The fourth-order valence-corrected chi connectivity index (χ4v) is 2.19. The molecule has 0 aromatic carbocycles. The maximum atomic E-state index is 9.44. The van der Waals surface area contributed by atoms with E-state index >= 15 is 0 Å². The Labute approximate surface area is 94.3 Å². The van der Waals surface area contributed by atoms with Crippen molar-refractivity contribution in [1.29, 1.82) is 0 Å². The first kappa shape index (κ1) is 10.9. The summed E-state index contributed by atoms with van der Waals surface area (Å²) in [5, 5.41) is 9.92.